The zero-order valence-electron chi connectivity index (χ0n) is 14.7. The molecule has 0 radical (unpaired) electrons. The molecule has 1 N–H and O–H groups in total. The molecule has 4 rings (SSSR count). The maximum absolute atomic E-state index is 12.3. The van der Waals surface area contributed by atoms with Crippen LogP contribution in [0.5, 0.6) is 11.5 Å². The molecule has 0 unspecified atom stereocenters. The average molecular weight is 401 g/mol. The van der Waals surface area contributed by atoms with Crippen LogP contribution in [-0.2, 0) is 9.84 Å². The number of sulfone groups is 1. The van der Waals surface area contributed by atoms with Gasteiger partial charge in [0.25, 0.3) is 5.91 Å². The van der Waals surface area contributed by atoms with E-state index in [9.17, 15) is 13.2 Å². The summed E-state index contributed by atoms with van der Waals surface area (Å²) in [5, 5.41) is 10.2. The molecule has 1 aliphatic rings. The third-order valence-electron chi connectivity index (χ3n) is 3.98. The van der Waals surface area contributed by atoms with Crippen molar-refractivity contribution in [2.75, 3.05) is 24.8 Å². The van der Waals surface area contributed by atoms with E-state index in [1.165, 1.54) is 24.3 Å². The lowest BCUT2D eigenvalue weighted by molar-refractivity contribution is 0.102. The van der Waals surface area contributed by atoms with Gasteiger partial charge in [0.05, 0.1) is 4.90 Å². The molecule has 2 aromatic carbocycles. The van der Waals surface area contributed by atoms with Crippen LogP contribution in [0.25, 0.3) is 11.5 Å². The van der Waals surface area contributed by atoms with Crippen LogP contribution in [0.4, 0.5) is 6.01 Å². The van der Waals surface area contributed by atoms with E-state index in [1.807, 2.05) is 0 Å². The van der Waals surface area contributed by atoms with Gasteiger partial charge in [0, 0.05) is 17.4 Å². The van der Waals surface area contributed by atoms with Gasteiger partial charge in [0.2, 0.25) is 5.89 Å². The van der Waals surface area contributed by atoms with E-state index in [4.69, 9.17) is 13.9 Å². The number of hydrogen-bond donors (Lipinski definition) is 1. The van der Waals surface area contributed by atoms with Crippen LogP contribution in [0.1, 0.15) is 10.4 Å². The summed E-state index contributed by atoms with van der Waals surface area (Å²) in [4.78, 5) is 12.4. The van der Waals surface area contributed by atoms with Gasteiger partial charge in [0.1, 0.15) is 13.2 Å². The molecule has 28 heavy (non-hydrogen) atoms. The SMILES string of the molecule is CS(=O)(=O)c1ccc(C(=O)Nc2nnc(-c3ccc4c(c3)OCCO4)o2)cc1. The summed E-state index contributed by atoms with van der Waals surface area (Å²) in [6.07, 6.45) is 1.10. The molecule has 9 nitrogen and oxygen atoms in total. The summed E-state index contributed by atoms with van der Waals surface area (Å²) < 4.78 is 39.4. The molecule has 0 bridgehead atoms. The first-order chi connectivity index (χ1) is 13.4. The maximum atomic E-state index is 12.3. The predicted octanol–water partition coefficient (Wildman–Crippen LogP) is 2.16. The lowest BCUT2D eigenvalue weighted by atomic mass is 10.2. The standard InChI is InChI=1S/C18H15N3O6S/c1-28(23,24)13-5-2-11(3-6-13)16(22)19-18-21-20-17(27-18)12-4-7-14-15(10-12)26-9-8-25-14/h2-7,10H,8-9H2,1H3,(H,19,21,22). The normalized spacial score (nSPS) is 13.2. The van der Waals surface area contributed by atoms with Crippen LogP contribution in [0.3, 0.4) is 0 Å². The van der Waals surface area contributed by atoms with Crippen LogP contribution in [0, 0.1) is 0 Å². The number of carbonyl (C=O) groups excluding carboxylic acids is 1. The Kier molecular flexibility index (Phi) is 4.47. The molecule has 1 aromatic heterocycles. The summed E-state index contributed by atoms with van der Waals surface area (Å²) in [6.45, 7) is 0.952. The van der Waals surface area contributed by atoms with Gasteiger partial charge in [0.15, 0.2) is 21.3 Å². The zero-order chi connectivity index (χ0) is 19.7. The number of rotatable bonds is 4. The second kappa shape index (κ2) is 6.97. The second-order valence-electron chi connectivity index (χ2n) is 6.02. The smallest absolute Gasteiger partial charge is 0.322 e. The van der Waals surface area contributed by atoms with Crippen molar-refractivity contribution in [2.45, 2.75) is 4.90 Å². The Morgan fingerprint density at radius 2 is 1.71 bits per heavy atom. The van der Waals surface area contributed by atoms with E-state index in [-0.39, 0.29) is 22.4 Å². The molecule has 0 saturated heterocycles. The quantitative estimate of drug-likeness (QED) is 0.706. The number of hydrogen-bond acceptors (Lipinski definition) is 8. The molecule has 1 aliphatic heterocycles. The Bertz CT molecular complexity index is 1140. The van der Waals surface area contributed by atoms with Crippen molar-refractivity contribution in [3.63, 3.8) is 0 Å². The number of carbonyl (C=O) groups is 1. The molecule has 0 fully saturated rings. The van der Waals surface area contributed by atoms with Crippen LogP contribution >= 0.6 is 0 Å². The largest absolute Gasteiger partial charge is 0.486 e. The van der Waals surface area contributed by atoms with Crippen molar-refractivity contribution in [1.29, 1.82) is 0 Å². The topological polar surface area (TPSA) is 121 Å². The van der Waals surface area contributed by atoms with Crippen LogP contribution in [0.15, 0.2) is 51.8 Å². The van der Waals surface area contributed by atoms with Gasteiger partial charge in [-0.2, -0.15) is 0 Å². The number of benzene rings is 2. The Labute approximate surface area is 160 Å². The highest BCUT2D eigenvalue weighted by molar-refractivity contribution is 7.90. The predicted molar refractivity (Wildman–Crippen MR) is 98.2 cm³/mol. The van der Waals surface area contributed by atoms with Crippen molar-refractivity contribution in [3.8, 4) is 23.0 Å². The summed E-state index contributed by atoms with van der Waals surface area (Å²) in [6, 6.07) is 10.7. The number of nitrogens with one attached hydrogen (secondary N) is 1. The highest BCUT2D eigenvalue weighted by Crippen LogP contribution is 2.34. The minimum absolute atomic E-state index is 0.0814. The molecular formula is C18H15N3O6S. The number of nitrogens with zero attached hydrogens (tertiary/aromatic N) is 2. The van der Waals surface area contributed by atoms with Gasteiger partial charge < -0.3 is 13.9 Å². The zero-order valence-corrected chi connectivity index (χ0v) is 15.5. The van der Waals surface area contributed by atoms with Crippen LogP contribution in [-0.4, -0.2) is 44.0 Å². The van der Waals surface area contributed by atoms with E-state index in [0.29, 0.717) is 30.3 Å². The average Bonchev–Trinajstić information content (AvgIpc) is 3.15. The van der Waals surface area contributed by atoms with Crippen LogP contribution in [0.2, 0.25) is 0 Å². The van der Waals surface area contributed by atoms with Crippen molar-refractivity contribution >= 4 is 21.8 Å². The van der Waals surface area contributed by atoms with E-state index in [2.05, 4.69) is 15.5 Å². The van der Waals surface area contributed by atoms with Crippen molar-refractivity contribution in [3.05, 3.63) is 48.0 Å². The summed E-state index contributed by atoms with van der Waals surface area (Å²) >= 11 is 0. The molecule has 10 heteroatoms. The molecule has 0 aliphatic carbocycles. The first-order valence-electron chi connectivity index (χ1n) is 8.25. The highest BCUT2D eigenvalue weighted by Gasteiger charge is 2.17. The second-order valence-corrected chi connectivity index (χ2v) is 8.04. The Balaban J connectivity index is 1.49. The van der Waals surface area contributed by atoms with Gasteiger partial charge >= 0.3 is 6.01 Å². The molecule has 1 amide bonds. The fourth-order valence-electron chi connectivity index (χ4n) is 2.59. The lowest BCUT2D eigenvalue weighted by Crippen LogP contribution is -2.15. The minimum Gasteiger partial charge on any atom is -0.486 e. The Hall–Kier alpha value is -3.40. The molecule has 3 aromatic rings. The third kappa shape index (κ3) is 3.67. The fraction of sp³-hybridized carbons (Fsp3) is 0.167. The number of fused-ring (bicyclic) bond motifs is 1. The fourth-order valence-corrected chi connectivity index (χ4v) is 3.22. The molecule has 0 atom stereocenters. The summed E-state index contributed by atoms with van der Waals surface area (Å²) in [7, 11) is -3.33. The van der Waals surface area contributed by atoms with Gasteiger partial charge in [-0.1, -0.05) is 5.10 Å². The van der Waals surface area contributed by atoms with Crippen molar-refractivity contribution < 1.29 is 27.1 Å². The molecular weight excluding hydrogens is 386 g/mol. The summed E-state index contributed by atoms with van der Waals surface area (Å²) in [5.41, 5.74) is 0.876. The molecule has 144 valence electrons. The first-order valence-corrected chi connectivity index (χ1v) is 10.1. The monoisotopic (exact) mass is 401 g/mol. The highest BCUT2D eigenvalue weighted by atomic mass is 32.2. The van der Waals surface area contributed by atoms with Gasteiger partial charge in [-0.3, -0.25) is 10.1 Å². The number of aromatic nitrogens is 2. The van der Waals surface area contributed by atoms with E-state index >= 15 is 0 Å². The van der Waals surface area contributed by atoms with Gasteiger partial charge in [-0.15, -0.1) is 5.10 Å². The first kappa shape index (κ1) is 18.0. The lowest BCUT2D eigenvalue weighted by Gasteiger charge is -2.18. The molecule has 0 spiro atoms. The minimum atomic E-state index is -3.33. The Morgan fingerprint density at radius 1 is 1.00 bits per heavy atom. The number of anilines is 1. The van der Waals surface area contributed by atoms with E-state index < -0.39 is 15.7 Å². The Morgan fingerprint density at radius 3 is 2.43 bits per heavy atom. The maximum Gasteiger partial charge on any atom is 0.322 e. The number of amides is 1. The van der Waals surface area contributed by atoms with E-state index in [0.717, 1.165) is 6.26 Å². The summed E-state index contributed by atoms with van der Waals surface area (Å²) in [5.74, 6) is 0.927. The van der Waals surface area contributed by atoms with Crippen molar-refractivity contribution in [1.82, 2.24) is 10.2 Å². The van der Waals surface area contributed by atoms with Gasteiger partial charge in [-0.05, 0) is 42.5 Å². The van der Waals surface area contributed by atoms with E-state index in [1.54, 1.807) is 18.2 Å². The number of ether oxygens (including phenoxy) is 2. The van der Waals surface area contributed by atoms with Crippen LogP contribution < -0.4 is 14.8 Å². The molecule has 0 saturated carbocycles. The van der Waals surface area contributed by atoms with Gasteiger partial charge in [-0.25, -0.2) is 8.42 Å². The van der Waals surface area contributed by atoms with Crippen molar-refractivity contribution in [2.24, 2.45) is 0 Å². The third-order valence-corrected chi connectivity index (χ3v) is 5.11. The molecule has 2 heterocycles.